The number of nitrogens with one attached hydrogen (secondary N) is 1. The second-order valence-electron chi connectivity index (χ2n) is 4.33. The maximum Gasteiger partial charge on any atom is 0.340 e. The number of rotatable bonds is 6. The summed E-state index contributed by atoms with van der Waals surface area (Å²) < 4.78 is 10.0. The van der Waals surface area contributed by atoms with Crippen molar-refractivity contribution in [2.45, 2.75) is 30.7 Å². The molecule has 1 rings (SSSR count). The van der Waals surface area contributed by atoms with E-state index in [1.807, 2.05) is 0 Å². The first-order chi connectivity index (χ1) is 9.96. The van der Waals surface area contributed by atoms with Gasteiger partial charge in [0.15, 0.2) is 6.29 Å². The first kappa shape index (κ1) is 18.0. The Morgan fingerprint density at radius 1 is 1.38 bits per heavy atom. The highest BCUT2D eigenvalue weighted by atomic mass is 35.5. The van der Waals surface area contributed by atoms with Gasteiger partial charge in [0.1, 0.15) is 24.4 Å². The Morgan fingerprint density at radius 2 is 2.05 bits per heavy atom. The van der Waals surface area contributed by atoms with Crippen LogP contribution in [0.15, 0.2) is 5.29 Å². The van der Waals surface area contributed by atoms with Crippen LogP contribution in [0.1, 0.15) is 0 Å². The predicted octanol–water partition coefficient (Wildman–Crippen LogP) is -1.63. The molecule has 1 fully saturated rings. The minimum Gasteiger partial charge on any atom is -0.388 e. The molecule has 1 heterocycles. The third-order valence-corrected chi connectivity index (χ3v) is 3.15. The Labute approximate surface area is 125 Å². The largest absolute Gasteiger partial charge is 0.388 e. The van der Waals surface area contributed by atoms with E-state index in [0.717, 1.165) is 0 Å². The van der Waals surface area contributed by atoms with Gasteiger partial charge in [0.25, 0.3) is 0 Å². The zero-order valence-electron chi connectivity index (χ0n) is 11.3. The topological polar surface area (TPSA) is 141 Å². The molecule has 0 saturated carbocycles. The van der Waals surface area contributed by atoms with Gasteiger partial charge in [-0.3, -0.25) is 0 Å². The summed E-state index contributed by atoms with van der Waals surface area (Å²) in [6.07, 6.45) is -6.51. The number of hydrogen-bond acceptors (Lipinski definition) is 8. The number of nitrogens with zero attached hydrogens (tertiary/aromatic N) is 2. The van der Waals surface area contributed by atoms with Gasteiger partial charge in [0.05, 0.1) is 11.8 Å². The van der Waals surface area contributed by atoms with E-state index in [4.69, 9.17) is 21.1 Å². The molecule has 10 nitrogen and oxygen atoms in total. The number of hydrogen-bond donors (Lipinski definition) is 4. The summed E-state index contributed by atoms with van der Waals surface area (Å²) in [7, 11) is 1.26. The number of alkyl halides is 1. The number of nitroso groups, excluding NO2 is 1. The first-order valence-electron chi connectivity index (χ1n) is 6.13. The molecule has 0 aromatic rings. The molecule has 1 saturated heterocycles. The van der Waals surface area contributed by atoms with Gasteiger partial charge in [-0.25, -0.2) is 4.79 Å². The van der Waals surface area contributed by atoms with Crippen molar-refractivity contribution in [1.29, 1.82) is 0 Å². The van der Waals surface area contributed by atoms with E-state index in [0.29, 0.717) is 5.01 Å². The lowest BCUT2D eigenvalue weighted by atomic mass is 9.99. The number of methoxy groups -OCH3 is 1. The number of carbonyl (C=O) groups is 1. The maximum absolute atomic E-state index is 11.6. The molecule has 0 bridgehead atoms. The molecule has 122 valence electrons. The Hall–Kier alpha value is -1.04. The first-order valence-corrected chi connectivity index (χ1v) is 6.66. The van der Waals surface area contributed by atoms with Crippen LogP contribution in [0.25, 0.3) is 0 Å². The van der Waals surface area contributed by atoms with Crippen LogP contribution in [0.2, 0.25) is 0 Å². The molecule has 11 heteroatoms. The fourth-order valence-corrected chi connectivity index (χ4v) is 1.98. The molecule has 21 heavy (non-hydrogen) atoms. The highest BCUT2D eigenvalue weighted by Crippen LogP contribution is 2.21. The molecule has 0 aliphatic carbocycles. The van der Waals surface area contributed by atoms with Crippen LogP contribution in [0.4, 0.5) is 4.79 Å². The molecule has 0 aromatic carbocycles. The number of aliphatic hydroxyl groups is 3. The van der Waals surface area contributed by atoms with Crippen LogP contribution in [-0.4, -0.2) is 83.1 Å². The van der Waals surface area contributed by atoms with Gasteiger partial charge in [-0.05, 0) is 0 Å². The van der Waals surface area contributed by atoms with E-state index in [2.05, 4.69) is 10.6 Å². The Kier molecular flexibility index (Phi) is 7.22. The van der Waals surface area contributed by atoms with E-state index in [1.54, 1.807) is 0 Å². The molecule has 5 atom stereocenters. The minimum absolute atomic E-state index is 0.0262. The molecular weight excluding hydrogens is 310 g/mol. The molecule has 0 radical (unpaired) electrons. The average molecular weight is 328 g/mol. The number of ether oxygens (including phenoxy) is 2. The van der Waals surface area contributed by atoms with Crippen LogP contribution in [0.5, 0.6) is 0 Å². The molecule has 0 aromatic heterocycles. The summed E-state index contributed by atoms with van der Waals surface area (Å²) in [6, 6.07) is -0.823. The van der Waals surface area contributed by atoms with E-state index in [9.17, 15) is 25.0 Å². The van der Waals surface area contributed by atoms with Gasteiger partial charge in [-0.1, -0.05) is 0 Å². The smallest absolute Gasteiger partial charge is 0.340 e. The van der Waals surface area contributed by atoms with E-state index in [1.165, 1.54) is 7.11 Å². The predicted molar refractivity (Wildman–Crippen MR) is 70.3 cm³/mol. The zero-order valence-corrected chi connectivity index (χ0v) is 12.0. The van der Waals surface area contributed by atoms with Gasteiger partial charge in [-0.15, -0.1) is 16.5 Å². The number of carbonyl (C=O) groups excluding carboxylic acids is 1. The standard InChI is InChI=1S/C10H18ClN3O7/c1-20-9-8(17)7(16)6(15)5(21-9)4-12-10(18)14(13-19)3-2-11/h5-9,15-17H,2-4H2,1H3,(H,12,18)/t5?,6-,7?,8+,9+/m1/s1. The van der Waals surface area contributed by atoms with Crippen molar-refractivity contribution in [3.05, 3.63) is 4.91 Å². The van der Waals surface area contributed by atoms with Gasteiger partial charge in [-0.2, -0.15) is 5.01 Å². The normalized spacial score (nSPS) is 32.5. The lowest BCUT2D eigenvalue weighted by Crippen LogP contribution is -2.60. The Morgan fingerprint density at radius 3 is 2.57 bits per heavy atom. The molecule has 1 aliphatic rings. The van der Waals surface area contributed by atoms with Crippen LogP contribution in [-0.2, 0) is 9.47 Å². The van der Waals surface area contributed by atoms with Gasteiger partial charge < -0.3 is 30.1 Å². The quantitative estimate of drug-likeness (QED) is 0.261. The third kappa shape index (κ3) is 4.46. The summed E-state index contributed by atoms with van der Waals surface area (Å²) in [6.45, 7) is -0.301. The summed E-state index contributed by atoms with van der Waals surface area (Å²) in [5.74, 6) is 0.0262. The fraction of sp³-hybridized carbons (Fsp3) is 0.900. The van der Waals surface area contributed by atoms with Crippen LogP contribution in [0.3, 0.4) is 0 Å². The second-order valence-corrected chi connectivity index (χ2v) is 4.71. The number of aliphatic hydroxyl groups excluding tert-OH is 3. The van der Waals surface area contributed by atoms with E-state index < -0.39 is 36.7 Å². The fourth-order valence-electron chi connectivity index (χ4n) is 1.82. The summed E-state index contributed by atoms with van der Waals surface area (Å²) in [4.78, 5) is 22.0. The van der Waals surface area contributed by atoms with Crippen LogP contribution in [0, 0.1) is 4.91 Å². The maximum atomic E-state index is 11.6. The molecule has 2 amide bonds. The van der Waals surface area contributed by atoms with Crippen molar-refractivity contribution >= 4 is 17.6 Å². The van der Waals surface area contributed by atoms with Crippen molar-refractivity contribution in [3.63, 3.8) is 0 Å². The van der Waals surface area contributed by atoms with Crippen molar-refractivity contribution in [2.75, 3.05) is 26.1 Å². The van der Waals surface area contributed by atoms with Crippen molar-refractivity contribution < 1.29 is 29.6 Å². The zero-order chi connectivity index (χ0) is 16.0. The van der Waals surface area contributed by atoms with Gasteiger partial charge in [0, 0.05) is 19.5 Å². The average Bonchev–Trinajstić information content (AvgIpc) is 2.49. The lowest BCUT2D eigenvalue weighted by molar-refractivity contribution is -0.288. The Bertz CT molecular complexity index is 360. The summed E-state index contributed by atoms with van der Waals surface area (Å²) in [5.41, 5.74) is 0. The van der Waals surface area contributed by atoms with Crippen molar-refractivity contribution in [1.82, 2.24) is 10.3 Å². The van der Waals surface area contributed by atoms with Crippen LogP contribution < -0.4 is 5.32 Å². The highest BCUT2D eigenvalue weighted by Gasteiger charge is 2.43. The van der Waals surface area contributed by atoms with Crippen molar-refractivity contribution in [2.24, 2.45) is 5.29 Å². The van der Waals surface area contributed by atoms with E-state index >= 15 is 0 Å². The summed E-state index contributed by atoms with van der Waals surface area (Å²) >= 11 is 5.40. The second kappa shape index (κ2) is 8.41. The lowest BCUT2D eigenvalue weighted by Gasteiger charge is -2.39. The molecule has 0 spiro atoms. The summed E-state index contributed by atoms with van der Waals surface area (Å²) in [5, 5.41) is 34.4. The Balaban J connectivity index is 2.57. The monoisotopic (exact) mass is 327 g/mol. The third-order valence-electron chi connectivity index (χ3n) is 2.98. The molecule has 4 N–H and O–H groups in total. The van der Waals surface area contributed by atoms with Crippen molar-refractivity contribution in [3.8, 4) is 0 Å². The SMILES string of the molecule is CO[C@H]1OC(CNC(=O)N(CCCl)N=O)[C@@H](O)C(O)[C@@H]1O. The molecule has 1 aliphatic heterocycles. The number of amides is 2. The molecular formula is C10H18ClN3O7. The van der Waals surface area contributed by atoms with Gasteiger partial charge in [0.2, 0.25) is 0 Å². The number of urea groups is 1. The van der Waals surface area contributed by atoms with Gasteiger partial charge >= 0.3 is 6.03 Å². The minimum atomic E-state index is -1.49. The van der Waals surface area contributed by atoms with E-state index in [-0.39, 0.29) is 19.0 Å². The van der Waals surface area contributed by atoms with Crippen LogP contribution >= 0.6 is 11.6 Å². The number of halogens is 1. The molecule has 2 unspecified atom stereocenters. The highest BCUT2D eigenvalue weighted by molar-refractivity contribution is 6.18.